The second kappa shape index (κ2) is 6.81. The molecule has 0 aliphatic heterocycles. The van der Waals surface area contributed by atoms with Gasteiger partial charge in [0.25, 0.3) is 11.7 Å². The van der Waals surface area contributed by atoms with Gasteiger partial charge in [0.2, 0.25) is 0 Å². The van der Waals surface area contributed by atoms with Crippen molar-refractivity contribution in [3.8, 4) is 5.75 Å². The Bertz CT molecular complexity index is 924. The minimum absolute atomic E-state index is 0.324. The Hall–Kier alpha value is -3.08. The molecule has 0 unspecified atom stereocenters. The van der Waals surface area contributed by atoms with E-state index in [9.17, 15) is 9.59 Å². The van der Waals surface area contributed by atoms with Crippen molar-refractivity contribution in [3.05, 3.63) is 59.8 Å². The summed E-state index contributed by atoms with van der Waals surface area (Å²) in [5.41, 5.74) is 2.87. The summed E-state index contributed by atoms with van der Waals surface area (Å²) in [6.07, 6.45) is 1.55. The number of methoxy groups -OCH3 is 1. The third-order valence-electron chi connectivity index (χ3n) is 4.17. The quantitative estimate of drug-likeness (QED) is 0.544. The molecule has 25 heavy (non-hydrogen) atoms. The first kappa shape index (κ1) is 16.8. The van der Waals surface area contributed by atoms with Crippen molar-refractivity contribution in [1.29, 1.82) is 0 Å². The zero-order chi connectivity index (χ0) is 18.0. The average molecular weight is 336 g/mol. The van der Waals surface area contributed by atoms with E-state index in [2.05, 4.69) is 24.1 Å². The summed E-state index contributed by atoms with van der Waals surface area (Å²) in [6, 6.07) is 12.8. The molecule has 0 bridgehead atoms. The average Bonchev–Trinajstić information content (AvgIpc) is 3.04. The van der Waals surface area contributed by atoms with Crippen molar-refractivity contribution in [2.45, 2.75) is 19.8 Å². The highest BCUT2D eigenvalue weighted by atomic mass is 16.5. The molecule has 1 heterocycles. The van der Waals surface area contributed by atoms with Crippen LogP contribution in [0.15, 0.2) is 48.7 Å². The number of ether oxygens (including phenoxy) is 1. The number of aromatic nitrogens is 1. The monoisotopic (exact) mass is 336 g/mol. The van der Waals surface area contributed by atoms with E-state index in [1.807, 2.05) is 18.2 Å². The second-order valence-electron chi connectivity index (χ2n) is 6.17. The SMILES string of the molecule is COc1ccc2[nH]cc(C(=O)C(=O)Nc3ccc(C(C)C)cc3)c2c1. The van der Waals surface area contributed by atoms with Gasteiger partial charge in [0.05, 0.1) is 12.7 Å². The van der Waals surface area contributed by atoms with Crippen molar-refractivity contribution in [1.82, 2.24) is 4.98 Å². The van der Waals surface area contributed by atoms with Crippen LogP contribution < -0.4 is 10.1 Å². The van der Waals surface area contributed by atoms with Gasteiger partial charge in [-0.3, -0.25) is 9.59 Å². The fraction of sp³-hybridized carbons (Fsp3) is 0.200. The maximum Gasteiger partial charge on any atom is 0.296 e. The molecule has 0 saturated heterocycles. The normalized spacial score (nSPS) is 10.9. The summed E-state index contributed by atoms with van der Waals surface area (Å²) >= 11 is 0. The number of amides is 1. The predicted octanol–water partition coefficient (Wildman–Crippen LogP) is 4.12. The topological polar surface area (TPSA) is 71.2 Å². The summed E-state index contributed by atoms with van der Waals surface area (Å²) in [5.74, 6) is -0.216. The summed E-state index contributed by atoms with van der Waals surface area (Å²) in [5, 5.41) is 3.32. The number of anilines is 1. The van der Waals surface area contributed by atoms with Gasteiger partial charge < -0.3 is 15.0 Å². The maximum absolute atomic E-state index is 12.5. The summed E-state index contributed by atoms with van der Waals surface area (Å²) in [6.45, 7) is 4.20. The fourth-order valence-corrected chi connectivity index (χ4v) is 2.68. The summed E-state index contributed by atoms with van der Waals surface area (Å²) in [7, 11) is 1.56. The van der Waals surface area contributed by atoms with E-state index in [4.69, 9.17) is 4.74 Å². The molecule has 0 aliphatic rings. The van der Waals surface area contributed by atoms with E-state index in [1.54, 1.807) is 37.6 Å². The lowest BCUT2D eigenvalue weighted by Crippen LogP contribution is -2.22. The lowest BCUT2D eigenvalue weighted by atomic mass is 10.0. The van der Waals surface area contributed by atoms with E-state index in [0.717, 1.165) is 5.52 Å². The molecule has 0 atom stereocenters. The molecule has 0 fully saturated rings. The number of hydrogen-bond acceptors (Lipinski definition) is 3. The molecule has 0 spiro atoms. The largest absolute Gasteiger partial charge is 0.497 e. The number of aromatic amines is 1. The van der Waals surface area contributed by atoms with Crippen molar-refractivity contribution >= 4 is 28.3 Å². The number of benzene rings is 2. The van der Waals surface area contributed by atoms with Crippen LogP contribution in [0.3, 0.4) is 0 Å². The van der Waals surface area contributed by atoms with Crippen LogP contribution in [0.2, 0.25) is 0 Å². The number of carbonyl (C=O) groups excluding carboxylic acids is 2. The van der Waals surface area contributed by atoms with Crippen molar-refractivity contribution in [2.24, 2.45) is 0 Å². The zero-order valence-corrected chi connectivity index (χ0v) is 14.4. The first-order valence-corrected chi connectivity index (χ1v) is 8.10. The number of nitrogens with one attached hydrogen (secondary N) is 2. The molecule has 5 nitrogen and oxygen atoms in total. The van der Waals surface area contributed by atoms with E-state index in [1.165, 1.54) is 5.56 Å². The molecule has 0 aliphatic carbocycles. The minimum atomic E-state index is -0.666. The number of fused-ring (bicyclic) bond motifs is 1. The smallest absolute Gasteiger partial charge is 0.296 e. The van der Waals surface area contributed by atoms with Gasteiger partial charge in [-0.05, 0) is 41.8 Å². The Balaban J connectivity index is 1.81. The zero-order valence-electron chi connectivity index (χ0n) is 14.4. The second-order valence-corrected chi connectivity index (χ2v) is 6.17. The van der Waals surface area contributed by atoms with Crippen LogP contribution in [-0.4, -0.2) is 23.8 Å². The van der Waals surface area contributed by atoms with Gasteiger partial charge in [-0.25, -0.2) is 0 Å². The predicted molar refractivity (Wildman–Crippen MR) is 98.3 cm³/mol. The Morgan fingerprint density at radius 1 is 1.08 bits per heavy atom. The molecule has 0 radical (unpaired) electrons. The Morgan fingerprint density at radius 2 is 1.80 bits per heavy atom. The number of carbonyl (C=O) groups is 2. The third kappa shape index (κ3) is 3.40. The van der Waals surface area contributed by atoms with E-state index < -0.39 is 11.7 Å². The lowest BCUT2D eigenvalue weighted by Gasteiger charge is -2.08. The molecular formula is C20H20N2O3. The van der Waals surface area contributed by atoms with Crippen LogP contribution in [0.4, 0.5) is 5.69 Å². The number of ketones is 1. The van der Waals surface area contributed by atoms with Gasteiger partial charge in [0.1, 0.15) is 5.75 Å². The van der Waals surface area contributed by atoms with Crippen LogP contribution in [0.5, 0.6) is 5.75 Å². The summed E-state index contributed by atoms with van der Waals surface area (Å²) in [4.78, 5) is 27.9. The fourth-order valence-electron chi connectivity index (χ4n) is 2.68. The molecule has 2 N–H and O–H groups in total. The first-order valence-electron chi connectivity index (χ1n) is 8.10. The highest BCUT2D eigenvalue weighted by Crippen LogP contribution is 2.24. The minimum Gasteiger partial charge on any atom is -0.497 e. The van der Waals surface area contributed by atoms with Crippen molar-refractivity contribution in [2.75, 3.05) is 12.4 Å². The number of H-pyrrole nitrogens is 1. The molecule has 1 aromatic heterocycles. The molecular weight excluding hydrogens is 316 g/mol. The van der Waals surface area contributed by atoms with Crippen LogP contribution in [0.25, 0.3) is 10.9 Å². The van der Waals surface area contributed by atoms with Crippen LogP contribution >= 0.6 is 0 Å². The first-order chi connectivity index (χ1) is 12.0. The van der Waals surface area contributed by atoms with Gasteiger partial charge in [-0.1, -0.05) is 26.0 Å². The van der Waals surface area contributed by atoms with E-state index >= 15 is 0 Å². The van der Waals surface area contributed by atoms with Crippen LogP contribution in [-0.2, 0) is 4.79 Å². The Morgan fingerprint density at radius 3 is 2.44 bits per heavy atom. The molecule has 5 heteroatoms. The van der Waals surface area contributed by atoms with E-state index in [-0.39, 0.29) is 0 Å². The summed E-state index contributed by atoms with van der Waals surface area (Å²) < 4.78 is 5.19. The maximum atomic E-state index is 12.5. The standard InChI is InChI=1S/C20H20N2O3/c1-12(2)13-4-6-14(7-5-13)22-20(24)19(23)17-11-21-18-9-8-15(25-3)10-16(17)18/h4-12,21H,1-3H3,(H,22,24). The molecule has 0 saturated carbocycles. The van der Waals surface area contributed by atoms with Gasteiger partial charge in [-0.2, -0.15) is 0 Å². The van der Waals surface area contributed by atoms with Gasteiger partial charge >= 0.3 is 0 Å². The van der Waals surface area contributed by atoms with Gasteiger partial charge in [0.15, 0.2) is 0 Å². The van der Waals surface area contributed by atoms with Crippen molar-refractivity contribution < 1.29 is 14.3 Å². The molecule has 3 rings (SSSR count). The highest BCUT2D eigenvalue weighted by molar-refractivity contribution is 6.48. The highest BCUT2D eigenvalue weighted by Gasteiger charge is 2.20. The van der Waals surface area contributed by atoms with Crippen molar-refractivity contribution in [3.63, 3.8) is 0 Å². The van der Waals surface area contributed by atoms with Gasteiger partial charge in [0, 0.05) is 22.8 Å². The lowest BCUT2D eigenvalue weighted by molar-refractivity contribution is -0.112. The number of rotatable bonds is 5. The van der Waals surface area contributed by atoms with Gasteiger partial charge in [-0.15, -0.1) is 0 Å². The van der Waals surface area contributed by atoms with E-state index in [0.29, 0.717) is 28.3 Å². The number of hydrogen-bond donors (Lipinski definition) is 2. The molecule has 2 aromatic carbocycles. The van der Waals surface area contributed by atoms with Crippen LogP contribution in [0, 0.1) is 0 Å². The Kier molecular flexibility index (Phi) is 4.57. The number of Topliss-reactive ketones (excluding diaryl/α,β-unsaturated/α-hetero) is 1. The molecule has 1 amide bonds. The molecule has 128 valence electrons. The van der Waals surface area contributed by atoms with Crippen LogP contribution in [0.1, 0.15) is 35.7 Å². The third-order valence-corrected chi connectivity index (χ3v) is 4.17. The molecule has 3 aromatic rings. The Labute approximate surface area is 146 Å².